The van der Waals surface area contributed by atoms with Crippen LogP contribution in [0, 0.1) is 23.2 Å². The Morgan fingerprint density at radius 2 is 2.03 bits per heavy atom. The average molecular weight is 401 g/mol. The molecule has 164 valence electrons. The Kier molecular flexibility index (Phi) is 7.49. The molecule has 0 aromatic rings. The van der Waals surface area contributed by atoms with Gasteiger partial charge in [0.2, 0.25) is 0 Å². The predicted octanol–water partition coefficient (Wildman–Crippen LogP) is 7.00. The van der Waals surface area contributed by atoms with E-state index in [0.29, 0.717) is 12.0 Å². The largest absolute Gasteiger partial charge is 0.390 e. The second-order valence-electron chi connectivity index (χ2n) is 11.0. The van der Waals surface area contributed by atoms with Crippen molar-refractivity contribution < 1.29 is 9.84 Å². The van der Waals surface area contributed by atoms with Gasteiger partial charge in [0, 0.05) is 6.61 Å². The highest BCUT2D eigenvalue weighted by atomic mass is 16.5. The molecule has 2 nitrogen and oxygen atoms in total. The summed E-state index contributed by atoms with van der Waals surface area (Å²) in [6.45, 7) is 14.7. The summed E-state index contributed by atoms with van der Waals surface area (Å²) in [5.74, 6) is 2.33. The van der Waals surface area contributed by atoms with Crippen molar-refractivity contribution in [2.45, 2.75) is 97.5 Å². The number of rotatable bonds is 6. The summed E-state index contributed by atoms with van der Waals surface area (Å²) in [7, 11) is 0. The SMILES string of the molecule is C=C1COCCC/C1=C/C=C1\CCC[C@]2(C)[C@@H]([C@H](C)CCCC(C)(C)O)CC[C@@H]12. The van der Waals surface area contributed by atoms with Gasteiger partial charge in [0.15, 0.2) is 0 Å². The lowest BCUT2D eigenvalue weighted by Gasteiger charge is -2.44. The van der Waals surface area contributed by atoms with E-state index >= 15 is 0 Å². The zero-order valence-electron chi connectivity index (χ0n) is 19.4. The third-order valence-electron chi connectivity index (χ3n) is 8.14. The highest BCUT2D eigenvalue weighted by Crippen LogP contribution is 2.59. The van der Waals surface area contributed by atoms with E-state index in [1.807, 2.05) is 13.8 Å². The Bertz CT molecular complexity index is 635. The topological polar surface area (TPSA) is 29.5 Å². The standard InChI is InChI=1S/C27H44O2/c1-20(9-6-16-26(3,4)28)24-14-15-25-23(10-7-17-27(24,25)5)13-12-22-11-8-18-29-19-21(22)2/h12-13,20,24-25,28H,2,6-11,14-19H2,1,3-5H3/b22-12-,23-13+/t20-,24-,25+,27-/m1/s1. The summed E-state index contributed by atoms with van der Waals surface area (Å²) >= 11 is 0. The van der Waals surface area contributed by atoms with Gasteiger partial charge in [-0.3, -0.25) is 0 Å². The molecule has 29 heavy (non-hydrogen) atoms. The second kappa shape index (κ2) is 9.52. The van der Waals surface area contributed by atoms with Gasteiger partial charge in [-0.05, 0) is 99.5 Å². The van der Waals surface area contributed by atoms with Crippen molar-refractivity contribution in [2.24, 2.45) is 23.2 Å². The van der Waals surface area contributed by atoms with Gasteiger partial charge >= 0.3 is 0 Å². The Morgan fingerprint density at radius 3 is 2.79 bits per heavy atom. The van der Waals surface area contributed by atoms with E-state index in [4.69, 9.17) is 4.74 Å². The summed E-state index contributed by atoms with van der Waals surface area (Å²) in [4.78, 5) is 0. The molecule has 1 saturated heterocycles. The molecule has 2 aliphatic carbocycles. The summed E-state index contributed by atoms with van der Waals surface area (Å²) in [5, 5.41) is 10.0. The van der Waals surface area contributed by atoms with E-state index in [9.17, 15) is 5.11 Å². The molecule has 1 heterocycles. The van der Waals surface area contributed by atoms with Crippen LogP contribution in [0.2, 0.25) is 0 Å². The molecule has 0 radical (unpaired) electrons. The van der Waals surface area contributed by atoms with Crippen LogP contribution < -0.4 is 0 Å². The van der Waals surface area contributed by atoms with Crippen LogP contribution in [0.5, 0.6) is 0 Å². The van der Waals surface area contributed by atoms with Gasteiger partial charge in [0.05, 0.1) is 12.2 Å². The molecule has 3 aliphatic rings. The van der Waals surface area contributed by atoms with Gasteiger partial charge in [-0.1, -0.05) is 51.0 Å². The highest BCUT2D eigenvalue weighted by Gasteiger charge is 2.50. The van der Waals surface area contributed by atoms with Gasteiger partial charge in [0.25, 0.3) is 0 Å². The van der Waals surface area contributed by atoms with Crippen LogP contribution in [0.4, 0.5) is 0 Å². The zero-order chi connectivity index (χ0) is 21.1. The maximum absolute atomic E-state index is 10.0. The van der Waals surface area contributed by atoms with Gasteiger partial charge in [-0.15, -0.1) is 0 Å². The molecule has 1 aliphatic heterocycles. The molecule has 3 fully saturated rings. The fourth-order valence-corrected chi connectivity index (χ4v) is 6.51. The minimum atomic E-state index is -0.525. The van der Waals surface area contributed by atoms with Crippen LogP contribution >= 0.6 is 0 Å². The van der Waals surface area contributed by atoms with Gasteiger partial charge in [0.1, 0.15) is 0 Å². The Hall–Kier alpha value is -0.860. The molecule has 0 amide bonds. The second-order valence-corrected chi connectivity index (χ2v) is 11.0. The predicted molar refractivity (Wildman–Crippen MR) is 123 cm³/mol. The highest BCUT2D eigenvalue weighted by molar-refractivity contribution is 5.35. The van der Waals surface area contributed by atoms with Crippen LogP contribution in [-0.4, -0.2) is 23.9 Å². The van der Waals surface area contributed by atoms with Crippen molar-refractivity contribution in [1.29, 1.82) is 0 Å². The Balaban J connectivity index is 1.68. The monoisotopic (exact) mass is 400 g/mol. The van der Waals surface area contributed by atoms with E-state index in [1.165, 1.54) is 49.7 Å². The van der Waals surface area contributed by atoms with Crippen molar-refractivity contribution in [1.82, 2.24) is 0 Å². The van der Waals surface area contributed by atoms with Crippen LogP contribution in [0.1, 0.15) is 91.9 Å². The fraction of sp³-hybridized carbons (Fsp3) is 0.778. The Labute approximate surface area is 179 Å². The molecule has 4 atom stereocenters. The van der Waals surface area contributed by atoms with E-state index in [-0.39, 0.29) is 0 Å². The summed E-state index contributed by atoms with van der Waals surface area (Å²) in [6, 6.07) is 0. The number of ether oxygens (including phenoxy) is 1. The molecular weight excluding hydrogens is 356 g/mol. The van der Waals surface area contributed by atoms with Crippen molar-refractivity contribution in [3.63, 3.8) is 0 Å². The van der Waals surface area contributed by atoms with Gasteiger partial charge < -0.3 is 9.84 Å². The fourth-order valence-electron chi connectivity index (χ4n) is 6.51. The molecule has 0 aromatic carbocycles. The lowest BCUT2D eigenvalue weighted by Crippen LogP contribution is -2.36. The van der Waals surface area contributed by atoms with E-state index in [0.717, 1.165) is 50.0 Å². The maximum Gasteiger partial charge on any atom is 0.0713 e. The van der Waals surface area contributed by atoms with E-state index < -0.39 is 5.60 Å². The smallest absolute Gasteiger partial charge is 0.0713 e. The molecule has 3 rings (SSSR count). The number of hydrogen-bond donors (Lipinski definition) is 1. The first kappa shape index (κ1) is 22.8. The lowest BCUT2D eigenvalue weighted by molar-refractivity contribution is 0.0597. The first-order chi connectivity index (χ1) is 13.7. The van der Waals surface area contributed by atoms with Crippen molar-refractivity contribution in [2.75, 3.05) is 13.2 Å². The summed E-state index contributed by atoms with van der Waals surface area (Å²) in [6.07, 6.45) is 17.1. The minimum Gasteiger partial charge on any atom is -0.390 e. The number of fused-ring (bicyclic) bond motifs is 1. The van der Waals surface area contributed by atoms with Crippen LogP contribution in [0.3, 0.4) is 0 Å². The van der Waals surface area contributed by atoms with Crippen molar-refractivity contribution in [3.8, 4) is 0 Å². The first-order valence-corrected chi connectivity index (χ1v) is 12.1. The lowest BCUT2D eigenvalue weighted by atomic mass is 9.60. The van der Waals surface area contributed by atoms with Crippen molar-refractivity contribution >= 4 is 0 Å². The molecule has 0 aromatic heterocycles. The van der Waals surface area contributed by atoms with E-state index in [2.05, 4.69) is 32.6 Å². The zero-order valence-corrected chi connectivity index (χ0v) is 19.4. The molecular formula is C27H44O2. The van der Waals surface area contributed by atoms with Gasteiger partial charge in [-0.2, -0.15) is 0 Å². The molecule has 2 heteroatoms. The molecule has 2 saturated carbocycles. The first-order valence-electron chi connectivity index (χ1n) is 12.1. The molecule has 0 spiro atoms. The number of aliphatic hydroxyl groups is 1. The van der Waals surface area contributed by atoms with Crippen LogP contribution in [0.25, 0.3) is 0 Å². The normalized spacial score (nSPS) is 35.0. The number of hydrogen-bond acceptors (Lipinski definition) is 2. The van der Waals surface area contributed by atoms with E-state index in [1.54, 1.807) is 5.57 Å². The number of allylic oxidation sites excluding steroid dienone is 3. The third kappa shape index (κ3) is 5.64. The quantitative estimate of drug-likeness (QED) is 0.520. The molecule has 1 N–H and O–H groups in total. The van der Waals surface area contributed by atoms with Crippen molar-refractivity contribution in [3.05, 3.63) is 35.5 Å². The summed E-state index contributed by atoms with van der Waals surface area (Å²) in [5.41, 5.74) is 4.19. The van der Waals surface area contributed by atoms with Crippen LogP contribution in [0.15, 0.2) is 35.5 Å². The average Bonchev–Trinajstić information content (AvgIpc) is 2.86. The maximum atomic E-state index is 10.0. The third-order valence-corrected chi connectivity index (χ3v) is 8.14. The van der Waals surface area contributed by atoms with Crippen LogP contribution in [-0.2, 0) is 4.74 Å². The molecule has 0 bridgehead atoms. The summed E-state index contributed by atoms with van der Waals surface area (Å²) < 4.78 is 5.63. The molecule has 0 unspecified atom stereocenters. The Morgan fingerprint density at radius 1 is 1.24 bits per heavy atom. The van der Waals surface area contributed by atoms with Gasteiger partial charge in [-0.25, -0.2) is 0 Å². The minimum absolute atomic E-state index is 0.459.